The lowest BCUT2D eigenvalue weighted by molar-refractivity contribution is -0.384. The fourth-order valence-electron chi connectivity index (χ4n) is 1.51. The van der Waals surface area contributed by atoms with Gasteiger partial charge in [-0.25, -0.2) is 0 Å². The van der Waals surface area contributed by atoms with Crippen molar-refractivity contribution in [2.75, 3.05) is 5.32 Å². The molecule has 0 heterocycles. The second-order valence-corrected chi connectivity index (χ2v) is 3.87. The number of alkyl halides is 3. The van der Waals surface area contributed by atoms with E-state index < -0.39 is 28.0 Å². The average molecular weight is 246 g/mol. The first-order valence-corrected chi connectivity index (χ1v) is 5.00. The minimum atomic E-state index is -4.59. The number of para-hydroxylation sites is 1. The van der Waals surface area contributed by atoms with Crippen LogP contribution in [-0.4, -0.2) is 11.0 Å². The first kappa shape index (κ1) is 11.7. The van der Waals surface area contributed by atoms with Gasteiger partial charge >= 0.3 is 6.18 Å². The molecule has 0 aliphatic heterocycles. The maximum Gasteiger partial charge on any atom is 0.418 e. The maximum atomic E-state index is 12.7. The third-order valence-electron chi connectivity index (χ3n) is 2.47. The molecule has 1 aromatic rings. The van der Waals surface area contributed by atoms with Crippen LogP contribution in [0.5, 0.6) is 0 Å². The van der Waals surface area contributed by atoms with Crippen molar-refractivity contribution in [3.63, 3.8) is 0 Å². The van der Waals surface area contributed by atoms with E-state index in [0.717, 1.165) is 31.0 Å². The molecule has 0 saturated heterocycles. The average Bonchev–Trinajstić information content (AvgIpc) is 3.00. The van der Waals surface area contributed by atoms with Gasteiger partial charge in [0.2, 0.25) is 0 Å². The van der Waals surface area contributed by atoms with E-state index in [1.165, 1.54) is 0 Å². The summed E-state index contributed by atoms with van der Waals surface area (Å²) < 4.78 is 38.1. The van der Waals surface area contributed by atoms with Crippen molar-refractivity contribution in [2.45, 2.75) is 25.1 Å². The highest BCUT2D eigenvalue weighted by Crippen LogP contribution is 2.41. The summed E-state index contributed by atoms with van der Waals surface area (Å²) in [5, 5.41) is 13.3. The lowest BCUT2D eigenvalue weighted by Gasteiger charge is -2.13. The van der Waals surface area contributed by atoms with Gasteiger partial charge in [-0.2, -0.15) is 13.2 Å². The van der Waals surface area contributed by atoms with E-state index in [0.29, 0.717) is 0 Å². The Hall–Kier alpha value is -1.79. The minimum absolute atomic E-state index is 0.0859. The highest BCUT2D eigenvalue weighted by molar-refractivity contribution is 5.68. The number of hydrogen-bond donors (Lipinski definition) is 1. The summed E-state index contributed by atoms with van der Waals surface area (Å²) in [6.07, 6.45) is -3.12. The molecule has 17 heavy (non-hydrogen) atoms. The Kier molecular flexibility index (Phi) is 2.68. The third-order valence-corrected chi connectivity index (χ3v) is 2.47. The molecule has 0 unspecified atom stereocenters. The number of hydrogen-bond acceptors (Lipinski definition) is 3. The standard InChI is InChI=1S/C10H9F3N2O2/c11-10(12,13)7-2-1-3-8(15(16)17)9(7)14-6-4-5-6/h1-3,6,14H,4-5H2. The SMILES string of the molecule is O=[N+]([O-])c1cccc(C(F)(F)F)c1NC1CC1. The molecule has 92 valence electrons. The van der Waals surface area contributed by atoms with Crippen molar-refractivity contribution in [2.24, 2.45) is 0 Å². The summed E-state index contributed by atoms with van der Waals surface area (Å²) in [7, 11) is 0. The number of nitrogens with zero attached hydrogens (tertiary/aromatic N) is 1. The van der Waals surface area contributed by atoms with Crippen molar-refractivity contribution in [1.82, 2.24) is 0 Å². The molecule has 0 atom stereocenters. The first-order valence-electron chi connectivity index (χ1n) is 5.00. The second kappa shape index (κ2) is 3.90. The largest absolute Gasteiger partial charge is 0.418 e. The van der Waals surface area contributed by atoms with Crippen LogP contribution in [0, 0.1) is 10.1 Å². The Balaban J connectivity index is 2.49. The molecule has 1 aromatic carbocycles. The molecule has 0 spiro atoms. The van der Waals surface area contributed by atoms with Gasteiger partial charge in [0.1, 0.15) is 5.69 Å². The van der Waals surface area contributed by atoms with E-state index in [9.17, 15) is 23.3 Å². The van der Waals surface area contributed by atoms with E-state index in [2.05, 4.69) is 5.32 Å². The summed E-state index contributed by atoms with van der Waals surface area (Å²) in [6.45, 7) is 0. The molecule has 0 aromatic heterocycles. The molecule has 0 bridgehead atoms. The van der Waals surface area contributed by atoms with Crippen LogP contribution in [0.4, 0.5) is 24.5 Å². The van der Waals surface area contributed by atoms with Crippen LogP contribution in [-0.2, 0) is 6.18 Å². The Morgan fingerprint density at radius 2 is 2.00 bits per heavy atom. The van der Waals surface area contributed by atoms with E-state index in [4.69, 9.17) is 0 Å². The van der Waals surface area contributed by atoms with Crippen LogP contribution in [0.2, 0.25) is 0 Å². The fourth-order valence-corrected chi connectivity index (χ4v) is 1.51. The quantitative estimate of drug-likeness (QED) is 0.658. The number of halogens is 3. The Bertz CT molecular complexity index is 455. The number of anilines is 1. The zero-order chi connectivity index (χ0) is 12.6. The zero-order valence-corrected chi connectivity index (χ0v) is 8.62. The smallest absolute Gasteiger partial charge is 0.376 e. The first-order chi connectivity index (χ1) is 7.89. The molecule has 1 aliphatic rings. The minimum Gasteiger partial charge on any atom is -0.376 e. The molecule has 4 nitrogen and oxygen atoms in total. The predicted molar refractivity (Wildman–Crippen MR) is 54.7 cm³/mol. The van der Waals surface area contributed by atoms with Crippen LogP contribution in [0.25, 0.3) is 0 Å². The number of nitro groups is 1. The molecular formula is C10H9F3N2O2. The van der Waals surface area contributed by atoms with Gasteiger partial charge in [0, 0.05) is 12.1 Å². The van der Waals surface area contributed by atoms with Crippen molar-refractivity contribution < 1.29 is 18.1 Å². The summed E-state index contributed by atoms with van der Waals surface area (Å²) in [4.78, 5) is 9.90. The number of nitrogens with one attached hydrogen (secondary N) is 1. The van der Waals surface area contributed by atoms with Gasteiger partial charge in [0.25, 0.3) is 5.69 Å². The topological polar surface area (TPSA) is 55.2 Å². The van der Waals surface area contributed by atoms with Crippen LogP contribution in [0.15, 0.2) is 18.2 Å². The Morgan fingerprint density at radius 3 is 2.47 bits per heavy atom. The molecule has 1 saturated carbocycles. The normalized spacial score (nSPS) is 15.7. The highest BCUT2D eigenvalue weighted by Gasteiger charge is 2.38. The molecule has 1 N–H and O–H groups in total. The summed E-state index contributed by atoms with van der Waals surface area (Å²) >= 11 is 0. The van der Waals surface area contributed by atoms with Gasteiger partial charge in [0.15, 0.2) is 0 Å². The maximum absolute atomic E-state index is 12.7. The molecule has 2 rings (SSSR count). The van der Waals surface area contributed by atoms with Gasteiger partial charge in [0.05, 0.1) is 10.5 Å². The van der Waals surface area contributed by atoms with E-state index in [1.54, 1.807) is 0 Å². The number of rotatable bonds is 3. The Morgan fingerprint density at radius 1 is 1.35 bits per heavy atom. The second-order valence-electron chi connectivity index (χ2n) is 3.87. The highest BCUT2D eigenvalue weighted by atomic mass is 19.4. The molecule has 0 amide bonds. The van der Waals surface area contributed by atoms with E-state index >= 15 is 0 Å². The van der Waals surface area contributed by atoms with Crippen molar-refractivity contribution in [3.8, 4) is 0 Å². The van der Waals surface area contributed by atoms with Crippen molar-refractivity contribution >= 4 is 11.4 Å². The third kappa shape index (κ3) is 2.48. The monoisotopic (exact) mass is 246 g/mol. The molecule has 1 aliphatic carbocycles. The van der Waals surface area contributed by atoms with Crippen molar-refractivity contribution in [3.05, 3.63) is 33.9 Å². The van der Waals surface area contributed by atoms with E-state index in [-0.39, 0.29) is 6.04 Å². The number of nitro benzene ring substituents is 1. The molecular weight excluding hydrogens is 237 g/mol. The van der Waals surface area contributed by atoms with Gasteiger partial charge in [-0.15, -0.1) is 0 Å². The predicted octanol–water partition coefficient (Wildman–Crippen LogP) is 3.19. The van der Waals surface area contributed by atoms with Gasteiger partial charge in [-0.1, -0.05) is 6.07 Å². The summed E-state index contributed by atoms with van der Waals surface area (Å²) in [6, 6.07) is 2.87. The lowest BCUT2D eigenvalue weighted by atomic mass is 10.1. The molecule has 1 fully saturated rings. The van der Waals surface area contributed by atoms with Crippen molar-refractivity contribution in [1.29, 1.82) is 0 Å². The van der Waals surface area contributed by atoms with Crippen LogP contribution >= 0.6 is 0 Å². The fraction of sp³-hybridized carbons (Fsp3) is 0.400. The number of benzene rings is 1. The lowest BCUT2D eigenvalue weighted by Crippen LogP contribution is -2.13. The molecule has 7 heteroatoms. The van der Waals surface area contributed by atoms with Crippen LogP contribution < -0.4 is 5.32 Å². The van der Waals surface area contributed by atoms with E-state index in [1.807, 2.05) is 0 Å². The zero-order valence-electron chi connectivity index (χ0n) is 8.62. The van der Waals surface area contributed by atoms with Gasteiger partial charge in [-0.3, -0.25) is 10.1 Å². The summed E-state index contributed by atoms with van der Waals surface area (Å²) in [5.41, 5.74) is -1.95. The van der Waals surface area contributed by atoms with Crippen LogP contribution in [0.1, 0.15) is 18.4 Å². The van der Waals surface area contributed by atoms with Gasteiger partial charge < -0.3 is 5.32 Å². The van der Waals surface area contributed by atoms with Gasteiger partial charge in [-0.05, 0) is 18.9 Å². The summed E-state index contributed by atoms with van der Waals surface area (Å²) in [5.74, 6) is 0. The Labute approximate surface area is 94.6 Å². The van der Waals surface area contributed by atoms with Crippen LogP contribution in [0.3, 0.4) is 0 Å². The molecule has 0 radical (unpaired) electrons.